The van der Waals surface area contributed by atoms with Gasteiger partial charge in [0.05, 0.1) is 28.4 Å². The van der Waals surface area contributed by atoms with Gasteiger partial charge in [0, 0.05) is 19.2 Å². The molecule has 0 fully saturated rings. The molecule has 6 nitrogen and oxygen atoms in total. The van der Waals surface area contributed by atoms with Gasteiger partial charge < -0.3 is 10.2 Å². The number of benzene rings is 1. The molecule has 0 aliphatic heterocycles. The zero-order valence-electron chi connectivity index (χ0n) is 17.6. The van der Waals surface area contributed by atoms with E-state index in [1.807, 2.05) is 64.5 Å². The summed E-state index contributed by atoms with van der Waals surface area (Å²) in [6.45, 7) is 2.43. The molecule has 0 aliphatic carbocycles. The van der Waals surface area contributed by atoms with Gasteiger partial charge in [-0.05, 0) is 49.5 Å². The van der Waals surface area contributed by atoms with Crippen molar-refractivity contribution in [1.29, 1.82) is 0 Å². The highest BCUT2D eigenvalue weighted by Crippen LogP contribution is 2.27. The summed E-state index contributed by atoms with van der Waals surface area (Å²) < 4.78 is 1.74. The lowest BCUT2D eigenvalue weighted by molar-refractivity contribution is 0.0943. The van der Waals surface area contributed by atoms with Crippen molar-refractivity contribution in [2.45, 2.75) is 13.0 Å². The van der Waals surface area contributed by atoms with E-state index >= 15 is 0 Å². The van der Waals surface area contributed by atoms with Crippen LogP contribution in [0.4, 0.5) is 0 Å². The van der Waals surface area contributed by atoms with E-state index in [9.17, 15) is 4.79 Å². The van der Waals surface area contributed by atoms with E-state index in [-0.39, 0.29) is 11.9 Å². The quantitative estimate of drug-likeness (QED) is 0.512. The highest BCUT2D eigenvalue weighted by molar-refractivity contribution is 7.08. The van der Waals surface area contributed by atoms with Crippen molar-refractivity contribution in [2.75, 3.05) is 20.6 Å². The maximum absolute atomic E-state index is 13.3. The smallest absolute Gasteiger partial charge is 0.252 e. The number of carbonyl (C=O) groups excluding carboxylic acids is 1. The molecule has 1 N–H and O–H groups in total. The van der Waals surface area contributed by atoms with Gasteiger partial charge in [0.1, 0.15) is 0 Å². The Morgan fingerprint density at radius 3 is 2.67 bits per heavy atom. The third-order valence-corrected chi connectivity index (χ3v) is 5.99. The third-order valence-electron chi connectivity index (χ3n) is 5.29. The summed E-state index contributed by atoms with van der Waals surface area (Å²) in [4.78, 5) is 20.2. The lowest BCUT2D eigenvalue weighted by Gasteiger charge is -2.24. The number of aryl methyl sites for hydroxylation is 2. The average Bonchev–Trinajstić information content (AvgIpc) is 3.36. The molecule has 1 amide bonds. The minimum absolute atomic E-state index is 0.112. The van der Waals surface area contributed by atoms with E-state index in [0.29, 0.717) is 17.8 Å². The van der Waals surface area contributed by atoms with Gasteiger partial charge in [-0.2, -0.15) is 16.4 Å². The topological polar surface area (TPSA) is 63.1 Å². The first-order valence-corrected chi connectivity index (χ1v) is 10.8. The second kappa shape index (κ2) is 8.38. The molecular formula is C23H25N5OS. The van der Waals surface area contributed by atoms with E-state index in [0.717, 1.165) is 22.3 Å². The fourth-order valence-electron chi connectivity index (χ4n) is 3.73. The molecule has 0 bridgehead atoms. The largest absolute Gasteiger partial charge is 0.350 e. The van der Waals surface area contributed by atoms with Crippen LogP contribution in [0.1, 0.15) is 27.7 Å². The maximum Gasteiger partial charge on any atom is 0.252 e. The van der Waals surface area contributed by atoms with Crippen LogP contribution in [0.15, 0.2) is 53.2 Å². The third kappa shape index (κ3) is 3.86. The molecule has 0 spiro atoms. The van der Waals surface area contributed by atoms with E-state index in [4.69, 9.17) is 4.98 Å². The lowest BCUT2D eigenvalue weighted by atomic mass is 10.0. The molecule has 0 unspecified atom stereocenters. The number of nitrogens with one attached hydrogen (secondary N) is 1. The number of hydrogen-bond acceptors (Lipinski definition) is 5. The van der Waals surface area contributed by atoms with Gasteiger partial charge in [0.2, 0.25) is 0 Å². The molecule has 4 rings (SSSR count). The number of thiophene rings is 1. The fourth-order valence-corrected chi connectivity index (χ4v) is 4.44. The van der Waals surface area contributed by atoms with Crippen LogP contribution < -0.4 is 5.32 Å². The lowest BCUT2D eigenvalue weighted by Crippen LogP contribution is -2.34. The SMILES string of the molecule is Cc1nn(C)c2nc(-c3ccccc3)cc(C(=O)NC[C@H](c3ccsc3)N(C)C)c12. The van der Waals surface area contributed by atoms with Crippen LogP contribution in [-0.4, -0.2) is 46.2 Å². The van der Waals surface area contributed by atoms with E-state index < -0.39 is 0 Å². The Labute approximate surface area is 180 Å². The zero-order chi connectivity index (χ0) is 21.3. The number of hydrogen-bond donors (Lipinski definition) is 1. The number of rotatable bonds is 6. The molecule has 0 aliphatic rings. The Bertz CT molecular complexity index is 1170. The maximum atomic E-state index is 13.3. The van der Waals surface area contributed by atoms with Crippen LogP contribution in [0, 0.1) is 6.92 Å². The Morgan fingerprint density at radius 2 is 2.00 bits per heavy atom. The summed E-state index contributed by atoms with van der Waals surface area (Å²) in [7, 11) is 5.91. The van der Waals surface area contributed by atoms with Crippen molar-refractivity contribution in [3.8, 4) is 11.3 Å². The summed E-state index contributed by atoms with van der Waals surface area (Å²) in [5, 5.41) is 12.6. The highest BCUT2D eigenvalue weighted by atomic mass is 32.1. The van der Waals surface area contributed by atoms with Crippen LogP contribution in [0.25, 0.3) is 22.3 Å². The number of likely N-dealkylation sites (N-methyl/N-ethyl adjacent to an activating group) is 1. The van der Waals surface area contributed by atoms with E-state index in [2.05, 4.69) is 32.1 Å². The van der Waals surface area contributed by atoms with Crippen LogP contribution in [0.5, 0.6) is 0 Å². The van der Waals surface area contributed by atoms with E-state index in [1.165, 1.54) is 5.56 Å². The highest BCUT2D eigenvalue weighted by Gasteiger charge is 2.21. The van der Waals surface area contributed by atoms with Crippen LogP contribution in [0.3, 0.4) is 0 Å². The Hall–Kier alpha value is -3.03. The Balaban J connectivity index is 1.71. The minimum atomic E-state index is -0.113. The average molecular weight is 420 g/mol. The molecule has 7 heteroatoms. The molecule has 154 valence electrons. The van der Waals surface area contributed by atoms with Crippen LogP contribution in [0.2, 0.25) is 0 Å². The molecule has 3 aromatic heterocycles. The monoisotopic (exact) mass is 419 g/mol. The zero-order valence-corrected chi connectivity index (χ0v) is 18.4. The first-order valence-electron chi connectivity index (χ1n) is 9.82. The van der Waals surface area contributed by atoms with Gasteiger partial charge in [0.15, 0.2) is 5.65 Å². The van der Waals surface area contributed by atoms with Crippen molar-refractivity contribution in [2.24, 2.45) is 7.05 Å². The first kappa shape index (κ1) is 20.3. The number of carbonyl (C=O) groups is 1. The molecule has 3 heterocycles. The fraction of sp³-hybridized carbons (Fsp3) is 0.261. The number of amides is 1. The van der Waals surface area contributed by atoms with Crippen molar-refractivity contribution < 1.29 is 4.79 Å². The first-order chi connectivity index (χ1) is 14.5. The normalized spacial score (nSPS) is 12.4. The molecule has 4 aromatic rings. The molecule has 1 aromatic carbocycles. The molecule has 30 heavy (non-hydrogen) atoms. The predicted octanol–water partition coefficient (Wildman–Crippen LogP) is 4.04. The van der Waals surface area contributed by atoms with Crippen LogP contribution in [-0.2, 0) is 7.05 Å². The van der Waals surface area contributed by atoms with Crippen molar-refractivity contribution in [1.82, 2.24) is 25.0 Å². The number of aromatic nitrogens is 3. The molecule has 0 radical (unpaired) electrons. The van der Waals surface area contributed by atoms with Gasteiger partial charge in [-0.3, -0.25) is 9.48 Å². The Kier molecular flexibility index (Phi) is 5.65. The summed E-state index contributed by atoms with van der Waals surface area (Å²) in [5.41, 5.74) is 5.04. The second-order valence-electron chi connectivity index (χ2n) is 7.57. The predicted molar refractivity (Wildman–Crippen MR) is 122 cm³/mol. The molecule has 0 saturated carbocycles. The summed E-state index contributed by atoms with van der Waals surface area (Å²) >= 11 is 1.66. The molecular weight excluding hydrogens is 394 g/mol. The summed E-state index contributed by atoms with van der Waals surface area (Å²) in [6, 6.07) is 14.0. The number of fused-ring (bicyclic) bond motifs is 1. The number of nitrogens with zero attached hydrogens (tertiary/aromatic N) is 4. The van der Waals surface area contributed by atoms with Crippen molar-refractivity contribution >= 4 is 28.3 Å². The Morgan fingerprint density at radius 1 is 1.23 bits per heavy atom. The standard InChI is InChI=1S/C23H25N5OS/c1-15-21-18(23(29)24-13-20(27(2)3)17-10-11-30-14-17)12-19(16-8-6-5-7-9-16)25-22(21)28(4)26-15/h5-12,14,20H,13H2,1-4H3,(H,24,29)/t20-/m1/s1. The van der Waals surface area contributed by atoms with Gasteiger partial charge in [0.25, 0.3) is 5.91 Å². The van der Waals surface area contributed by atoms with Crippen LogP contribution >= 0.6 is 11.3 Å². The van der Waals surface area contributed by atoms with Crippen molar-refractivity contribution in [3.63, 3.8) is 0 Å². The van der Waals surface area contributed by atoms with Gasteiger partial charge in [-0.25, -0.2) is 4.98 Å². The molecule has 1 atom stereocenters. The van der Waals surface area contributed by atoms with Crippen molar-refractivity contribution in [3.05, 3.63) is 70.0 Å². The van der Waals surface area contributed by atoms with Gasteiger partial charge in [-0.15, -0.1) is 0 Å². The second-order valence-corrected chi connectivity index (χ2v) is 8.35. The van der Waals surface area contributed by atoms with Gasteiger partial charge >= 0.3 is 0 Å². The molecule has 0 saturated heterocycles. The minimum Gasteiger partial charge on any atom is -0.350 e. The van der Waals surface area contributed by atoms with Gasteiger partial charge in [-0.1, -0.05) is 30.3 Å². The summed E-state index contributed by atoms with van der Waals surface area (Å²) in [5.74, 6) is -0.113. The summed E-state index contributed by atoms with van der Waals surface area (Å²) in [6.07, 6.45) is 0. The number of pyridine rings is 1. The van der Waals surface area contributed by atoms with E-state index in [1.54, 1.807) is 16.0 Å².